The van der Waals surface area contributed by atoms with Crippen molar-refractivity contribution in [2.24, 2.45) is 18.4 Å². The number of methoxy groups -OCH3 is 1. The zero-order chi connectivity index (χ0) is 13.3. The summed E-state index contributed by atoms with van der Waals surface area (Å²) in [6.45, 7) is 7.90. The topological polar surface area (TPSA) is 39.1 Å². The number of nitrogens with one attached hydrogen (secondary N) is 1. The lowest BCUT2D eigenvalue weighted by molar-refractivity contribution is 0.363. The molecule has 1 heterocycles. The molecule has 0 amide bonds. The lowest BCUT2D eigenvalue weighted by Gasteiger charge is -2.21. The molecule has 4 nitrogen and oxygen atoms in total. The van der Waals surface area contributed by atoms with Gasteiger partial charge in [-0.1, -0.05) is 20.8 Å². The zero-order valence-corrected chi connectivity index (χ0v) is 12.2. The molecular weight excluding hydrogens is 226 g/mol. The van der Waals surface area contributed by atoms with Crippen molar-refractivity contribution in [3.05, 3.63) is 11.9 Å². The van der Waals surface area contributed by atoms with Crippen LogP contribution in [-0.2, 0) is 7.05 Å². The Balaban J connectivity index is 2.25. The minimum absolute atomic E-state index is 0.349. The van der Waals surface area contributed by atoms with E-state index < -0.39 is 0 Å². The van der Waals surface area contributed by atoms with E-state index in [2.05, 4.69) is 31.2 Å². The summed E-state index contributed by atoms with van der Waals surface area (Å²) in [6, 6.07) is 0.349. The summed E-state index contributed by atoms with van der Waals surface area (Å²) < 4.78 is 7.39. The molecule has 1 N–H and O–H groups in total. The molecule has 18 heavy (non-hydrogen) atoms. The third kappa shape index (κ3) is 2.39. The van der Waals surface area contributed by atoms with Crippen LogP contribution >= 0.6 is 0 Å². The maximum Gasteiger partial charge on any atom is 0.161 e. The van der Waals surface area contributed by atoms with Crippen molar-refractivity contribution in [1.82, 2.24) is 15.1 Å². The highest BCUT2D eigenvalue weighted by Crippen LogP contribution is 2.58. The number of aryl methyl sites for hydroxylation is 1. The van der Waals surface area contributed by atoms with E-state index in [9.17, 15) is 0 Å². The molecule has 0 aliphatic heterocycles. The maximum absolute atomic E-state index is 5.45. The summed E-state index contributed by atoms with van der Waals surface area (Å²) in [4.78, 5) is 0. The van der Waals surface area contributed by atoms with E-state index in [1.54, 1.807) is 7.11 Å². The molecule has 1 fully saturated rings. The van der Waals surface area contributed by atoms with Gasteiger partial charge in [0.1, 0.15) is 0 Å². The zero-order valence-electron chi connectivity index (χ0n) is 12.2. The van der Waals surface area contributed by atoms with E-state index in [-0.39, 0.29) is 0 Å². The van der Waals surface area contributed by atoms with Crippen LogP contribution in [0.2, 0.25) is 0 Å². The summed E-state index contributed by atoms with van der Waals surface area (Å²) in [5.74, 6) is 1.57. The quantitative estimate of drug-likeness (QED) is 0.844. The lowest BCUT2D eigenvalue weighted by atomic mass is 10.0. The molecule has 4 heteroatoms. The molecule has 102 valence electrons. The number of nitrogens with zero attached hydrogens (tertiary/aromatic N) is 2. The summed E-state index contributed by atoms with van der Waals surface area (Å²) in [5.41, 5.74) is 1.61. The molecule has 0 spiro atoms. The first kappa shape index (κ1) is 13.4. The van der Waals surface area contributed by atoms with Crippen molar-refractivity contribution in [2.45, 2.75) is 39.7 Å². The standard InChI is InChI=1S/C14H25N3O/c1-6-7-15-12(10-8-14(10,2)3)13-11(18-5)9-16-17(13)4/h9-10,12,15H,6-8H2,1-5H3. The second kappa shape index (κ2) is 4.92. The summed E-state index contributed by atoms with van der Waals surface area (Å²) in [7, 11) is 3.71. The van der Waals surface area contributed by atoms with Gasteiger partial charge in [0.15, 0.2) is 5.75 Å². The van der Waals surface area contributed by atoms with Crippen LogP contribution in [0.4, 0.5) is 0 Å². The van der Waals surface area contributed by atoms with Gasteiger partial charge >= 0.3 is 0 Å². The van der Waals surface area contributed by atoms with Crippen LogP contribution in [0, 0.1) is 11.3 Å². The van der Waals surface area contributed by atoms with Crippen molar-refractivity contribution in [3.63, 3.8) is 0 Å². The van der Waals surface area contributed by atoms with E-state index in [1.807, 2.05) is 17.9 Å². The lowest BCUT2D eigenvalue weighted by Crippen LogP contribution is -2.27. The summed E-state index contributed by atoms with van der Waals surface area (Å²) in [6.07, 6.45) is 4.22. The van der Waals surface area contributed by atoms with Crippen molar-refractivity contribution < 1.29 is 4.74 Å². The fourth-order valence-corrected chi connectivity index (χ4v) is 2.74. The van der Waals surface area contributed by atoms with Gasteiger partial charge in [0, 0.05) is 7.05 Å². The monoisotopic (exact) mass is 251 g/mol. The van der Waals surface area contributed by atoms with Crippen molar-refractivity contribution >= 4 is 0 Å². The van der Waals surface area contributed by atoms with E-state index in [1.165, 1.54) is 12.1 Å². The third-order valence-corrected chi connectivity index (χ3v) is 4.07. The average Bonchev–Trinajstić information content (AvgIpc) is 2.79. The molecule has 2 rings (SSSR count). The van der Waals surface area contributed by atoms with Crippen LogP contribution < -0.4 is 10.1 Å². The highest BCUT2D eigenvalue weighted by molar-refractivity contribution is 5.30. The molecule has 1 aliphatic carbocycles. The normalized spacial score (nSPS) is 22.8. The molecule has 0 bridgehead atoms. The molecule has 2 atom stereocenters. The van der Waals surface area contributed by atoms with E-state index in [4.69, 9.17) is 4.74 Å². The molecule has 1 aromatic heterocycles. The largest absolute Gasteiger partial charge is 0.493 e. The molecular formula is C14H25N3O. The third-order valence-electron chi connectivity index (χ3n) is 4.07. The summed E-state index contributed by atoms with van der Waals surface area (Å²) >= 11 is 0. The highest BCUT2D eigenvalue weighted by Gasteiger charge is 2.51. The van der Waals surface area contributed by atoms with Crippen LogP contribution in [0.3, 0.4) is 0 Å². The highest BCUT2D eigenvalue weighted by atomic mass is 16.5. The number of rotatable bonds is 6. The van der Waals surface area contributed by atoms with E-state index in [0.29, 0.717) is 17.4 Å². The molecule has 2 unspecified atom stereocenters. The van der Waals surface area contributed by atoms with Crippen molar-refractivity contribution in [2.75, 3.05) is 13.7 Å². The smallest absolute Gasteiger partial charge is 0.161 e. The fraction of sp³-hybridized carbons (Fsp3) is 0.786. The van der Waals surface area contributed by atoms with Gasteiger partial charge < -0.3 is 10.1 Å². The molecule has 0 saturated heterocycles. The average molecular weight is 251 g/mol. The Bertz CT molecular complexity index is 411. The van der Waals surface area contributed by atoms with E-state index in [0.717, 1.165) is 18.7 Å². The predicted molar refractivity (Wildman–Crippen MR) is 72.7 cm³/mol. The number of hydrogen-bond acceptors (Lipinski definition) is 3. The van der Waals surface area contributed by atoms with Crippen LogP contribution in [0.15, 0.2) is 6.20 Å². The first-order chi connectivity index (χ1) is 8.51. The fourth-order valence-electron chi connectivity index (χ4n) is 2.74. The molecule has 1 saturated carbocycles. The number of aromatic nitrogens is 2. The van der Waals surface area contributed by atoms with Gasteiger partial charge in [-0.05, 0) is 30.7 Å². The Labute approximate surface area is 110 Å². The predicted octanol–water partition coefficient (Wildman–Crippen LogP) is 2.52. The Morgan fingerprint density at radius 2 is 2.28 bits per heavy atom. The maximum atomic E-state index is 5.45. The Morgan fingerprint density at radius 3 is 2.78 bits per heavy atom. The Morgan fingerprint density at radius 1 is 1.61 bits per heavy atom. The minimum atomic E-state index is 0.349. The van der Waals surface area contributed by atoms with Crippen LogP contribution in [0.1, 0.15) is 45.3 Å². The van der Waals surface area contributed by atoms with Gasteiger partial charge in [0.05, 0.1) is 25.0 Å². The van der Waals surface area contributed by atoms with E-state index >= 15 is 0 Å². The Kier molecular flexibility index (Phi) is 3.66. The number of hydrogen-bond donors (Lipinski definition) is 1. The first-order valence-corrected chi connectivity index (χ1v) is 6.80. The SMILES string of the molecule is CCCNC(c1c(OC)cnn1C)C1CC1(C)C. The van der Waals surface area contributed by atoms with Gasteiger partial charge in [-0.25, -0.2) is 0 Å². The van der Waals surface area contributed by atoms with Crippen LogP contribution in [0.25, 0.3) is 0 Å². The minimum Gasteiger partial charge on any atom is -0.493 e. The summed E-state index contributed by atoms with van der Waals surface area (Å²) in [5, 5.41) is 7.99. The van der Waals surface area contributed by atoms with Gasteiger partial charge in [0.2, 0.25) is 0 Å². The van der Waals surface area contributed by atoms with Crippen molar-refractivity contribution in [1.29, 1.82) is 0 Å². The molecule has 0 aromatic carbocycles. The molecule has 0 radical (unpaired) electrons. The van der Waals surface area contributed by atoms with Gasteiger partial charge in [0.25, 0.3) is 0 Å². The van der Waals surface area contributed by atoms with Gasteiger partial charge in [-0.3, -0.25) is 4.68 Å². The van der Waals surface area contributed by atoms with Gasteiger partial charge in [-0.2, -0.15) is 5.10 Å². The second-order valence-electron chi connectivity index (χ2n) is 5.95. The molecule has 1 aliphatic rings. The number of ether oxygens (including phenoxy) is 1. The van der Waals surface area contributed by atoms with Crippen LogP contribution in [-0.4, -0.2) is 23.4 Å². The molecule has 1 aromatic rings. The Hall–Kier alpha value is -1.03. The van der Waals surface area contributed by atoms with Gasteiger partial charge in [-0.15, -0.1) is 0 Å². The van der Waals surface area contributed by atoms with Crippen molar-refractivity contribution in [3.8, 4) is 5.75 Å². The second-order valence-corrected chi connectivity index (χ2v) is 5.95. The van der Waals surface area contributed by atoms with Crippen LogP contribution in [0.5, 0.6) is 5.75 Å². The first-order valence-electron chi connectivity index (χ1n) is 6.80.